The first-order valence-corrected chi connectivity index (χ1v) is 9.63. The lowest BCUT2D eigenvalue weighted by Crippen LogP contribution is -2.44. The number of hydrogen-bond acceptors (Lipinski definition) is 4. The Labute approximate surface area is 143 Å². The van der Waals surface area contributed by atoms with E-state index in [4.69, 9.17) is 12.2 Å². The number of nitrogens with zero attached hydrogens (tertiary/aromatic N) is 2. The maximum Gasteiger partial charge on any atom is 0.230 e. The number of rotatable bonds is 6. The summed E-state index contributed by atoms with van der Waals surface area (Å²) in [6.45, 7) is 7.16. The first-order valence-electron chi connectivity index (χ1n) is 8.24. The first-order chi connectivity index (χ1) is 10.5. The van der Waals surface area contributed by atoms with Crippen molar-refractivity contribution in [2.24, 2.45) is 5.92 Å². The summed E-state index contributed by atoms with van der Waals surface area (Å²) < 4.78 is 0.702. The van der Waals surface area contributed by atoms with Crippen LogP contribution < -0.4 is 0 Å². The van der Waals surface area contributed by atoms with Gasteiger partial charge in [-0.2, -0.15) is 0 Å². The van der Waals surface area contributed by atoms with Crippen molar-refractivity contribution in [3.8, 4) is 0 Å². The second-order valence-electron chi connectivity index (χ2n) is 6.49. The van der Waals surface area contributed by atoms with E-state index >= 15 is 0 Å². The Balaban J connectivity index is 2.01. The van der Waals surface area contributed by atoms with Crippen molar-refractivity contribution >= 4 is 40.1 Å². The van der Waals surface area contributed by atoms with Crippen LogP contribution in [-0.4, -0.2) is 50.3 Å². The van der Waals surface area contributed by atoms with Crippen LogP contribution in [0, 0.1) is 5.92 Å². The van der Waals surface area contributed by atoms with Gasteiger partial charge in [-0.25, -0.2) is 0 Å². The Morgan fingerprint density at radius 3 is 2.82 bits per heavy atom. The highest BCUT2D eigenvalue weighted by Crippen LogP contribution is 2.31. The van der Waals surface area contributed by atoms with Gasteiger partial charge < -0.3 is 4.90 Å². The molecule has 0 aromatic heterocycles. The summed E-state index contributed by atoms with van der Waals surface area (Å²) in [5.74, 6) is 1.59. The number of thioether (sulfide) groups is 1. The average Bonchev–Trinajstić information content (AvgIpc) is 3.01. The van der Waals surface area contributed by atoms with E-state index in [0.29, 0.717) is 23.1 Å². The minimum atomic E-state index is 0.0627. The zero-order chi connectivity index (χ0) is 16.3. The molecule has 2 atom stereocenters. The van der Waals surface area contributed by atoms with E-state index in [9.17, 15) is 9.59 Å². The highest BCUT2D eigenvalue weighted by atomic mass is 32.2. The molecule has 2 aliphatic heterocycles. The SMILES string of the molecule is CCCCN1C(=O)CC[C@@H]1CC(=O)N1C(=S)SC[C@@H]1C(C)C. The first kappa shape index (κ1) is 17.7. The Morgan fingerprint density at radius 1 is 1.45 bits per heavy atom. The lowest BCUT2D eigenvalue weighted by Gasteiger charge is -2.30. The molecular formula is C16H26N2O2S2. The summed E-state index contributed by atoms with van der Waals surface area (Å²) in [5, 5.41) is 0. The summed E-state index contributed by atoms with van der Waals surface area (Å²) in [7, 11) is 0. The Kier molecular flexibility index (Phi) is 6.26. The number of hydrogen-bond donors (Lipinski definition) is 0. The summed E-state index contributed by atoms with van der Waals surface area (Å²) in [6.07, 6.45) is 3.86. The normalized spacial score (nSPS) is 25.6. The lowest BCUT2D eigenvalue weighted by molar-refractivity contribution is -0.132. The fraction of sp³-hybridized carbons (Fsp3) is 0.812. The van der Waals surface area contributed by atoms with Gasteiger partial charge in [-0.05, 0) is 18.8 Å². The number of amides is 2. The Hall–Kier alpha value is -0.620. The van der Waals surface area contributed by atoms with E-state index in [0.717, 1.165) is 31.6 Å². The van der Waals surface area contributed by atoms with E-state index in [-0.39, 0.29) is 23.9 Å². The van der Waals surface area contributed by atoms with Crippen LogP contribution in [0.3, 0.4) is 0 Å². The number of thiocarbonyl (C=S) groups is 1. The molecule has 0 aromatic carbocycles. The minimum Gasteiger partial charge on any atom is -0.339 e. The van der Waals surface area contributed by atoms with Gasteiger partial charge in [0.2, 0.25) is 11.8 Å². The largest absolute Gasteiger partial charge is 0.339 e. The van der Waals surface area contributed by atoms with Gasteiger partial charge in [0, 0.05) is 37.2 Å². The standard InChI is InChI=1S/C16H26N2O2S2/c1-4-5-8-17-12(6-7-14(17)19)9-15(20)18-13(11(2)3)10-22-16(18)21/h11-13H,4-10H2,1-3H3/t12-,13-/m1/s1. The van der Waals surface area contributed by atoms with Crippen LogP contribution in [0.2, 0.25) is 0 Å². The van der Waals surface area contributed by atoms with Crippen molar-refractivity contribution in [2.75, 3.05) is 12.3 Å². The van der Waals surface area contributed by atoms with Gasteiger partial charge in [0.25, 0.3) is 0 Å². The fourth-order valence-corrected chi connectivity index (χ4v) is 4.82. The average molecular weight is 343 g/mol. The molecule has 0 saturated carbocycles. The van der Waals surface area contributed by atoms with E-state index in [1.165, 1.54) is 0 Å². The van der Waals surface area contributed by atoms with Crippen molar-refractivity contribution in [1.82, 2.24) is 9.80 Å². The van der Waals surface area contributed by atoms with Crippen LogP contribution in [0.15, 0.2) is 0 Å². The van der Waals surface area contributed by atoms with Crippen molar-refractivity contribution in [3.05, 3.63) is 0 Å². The van der Waals surface area contributed by atoms with Gasteiger partial charge in [-0.15, -0.1) is 0 Å². The van der Waals surface area contributed by atoms with Crippen LogP contribution in [-0.2, 0) is 9.59 Å². The molecule has 2 saturated heterocycles. The Morgan fingerprint density at radius 2 is 2.18 bits per heavy atom. The molecule has 0 aliphatic carbocycles. The predicted molar refractivity (Wildman–Crippen MR) is 94.8 cm³/mol. The summed E-state index contributed by atoms with van der Waals surface area (Å²) in [4.78, 5) is 28.5. The number of carbonyl (C=O) groups excluding carboxylic acids is 2. The monoisotopic (exact) mass is 342 g/mol. The van der Waals surface area contributed by atoms with Crippen LogP contribution in [0.4, 0.5) is 0 Å². The topological polar surface area (TPSA) is 40.6 Å². The van der Waals surface area contributed by atoms with Gasteiger partial charge in [0.15, 0.2) is 0 Å². The van der Waals surface area contributed by atoms with E-state index in [1.807, 2.05) is 9.80 Å². The molecule has 0 spiro atoms. The second kappa shape index (κ2) is 7.77. The highest BCUT2D eigenvalue weighted by molar-refractivity contribution is 8.23. The molecular weight excluding hydrogens is 316 g/mol. The summed E-state index contributed by atoms with van der Waals surface area (Å²) in [6, 6.07) is 0.263. The van der Waals surface area contributed by atoms with E-state index in [2.05, 4.69) is 20.8 Å². The zero-order valence-electron chi connectivity index (χ0n) is 13.7. The molecule has 2 aliphatic rings. The second-order valence-corrected chi connectivity index (χ2v) is 8.14. The lowest BCUT2D eigenvalue weighted by atomic mass is 10.0. The van der Waals surface area contributed by atoms with Gasteiger partial charge in [-0.3, -0.25) is 14.5 Å². The number of likely N-dealkylation sites (tertiary alicyclic amines) is 1. The van der Waals surface area contributed by atoms with Crippen LogP contribution in [0.25, 0.3) is 0 Å². The van der Waals surface area contributed by atoms with Crippen molar-refractivity contribution in [2.45, 2.75) is 65.0 Å². The highest BCUT2D eigenvalue weighted by Gasteiger charge is 2.39. The molecule has 2 fully saturated rings. The van der Waals surface area contributed by atoms with Gasteiger partial charge in [0.05, 0.1) is 0 Å². The van der Waals surface area contributed by atoms with E-state index < -0.39 is 0 Å². The van der Waals surface area contributed by atoms with Gasteiger partial charge in [-0.1, -0.05) is 51.2 Å². The zero-order valence-corrected chi connectivity index (χ0v) is 15.3. The number of unbranched alkanes of at least 4 members (excludes halogenated alkanes) is 1. The van der Waals surface area contributed by atoms with Gasteiger partial charge >= 0.3 is 0 Å². The Bertz CT molecular complexity index is 453. The maximum atomic E-state index is 12.7. The number of carbonyl (C=O) groups is 2. The molecule has 22 heavy (non-hydrogen) atoms. The van der Waals surface area contributed by atoms with Crippen molar-refractivity contribution in [1.29, 1.82) is 0 Å². The third-order valence-corrected chi connectivity index (χ3v) is 6.06. The van der Waals surface area contributed by atoms with Crippen molar-refractivity contribution in [3.63, 3.8) is 0 Å². The van der Waals surface area contributed by atoms with Crippen LogP contribution in [0.5, 0.6) is 0 Å². The summed E-state index contributed by atoms with van der Waals surface area (Å²) in [5.41, 5.74) is 0. The molecule has 2 rings (SSSR count). The van der Waals surface area contributed by atoms with Crippen LogP contribution in [0.1, 0.15) is 52.9 Å². The summed E-state index contributed by atoms with van der Waals surface area (Å²) >= 11 is 6.96. The van der Waals surface area contributed by atoms with Crippen molar-refractivity contribution < 1.29 is 9.59 Å². The quantitative estimate of drug-likeness (QED) is 0.696. The van der Waals surface area contributed by atoms with Gasteiger partial charge in [0.1, 0.15) is 4.32 Å². The van der Waals surface area contributed by atoms with Crippen LogP contribution >= 0.6 is 24.0 Å². The molecule has 0 radical (unpaired) electrons. The molecule has 2 heterocycles. The molecule has 0 bridgehead atoms. The smallest absolute Gasteiger partial charge is 0.230 e. The van der Waals surface area contributed by atoms with E-state index in [1.54, 1.807) is 11.8 Å². The fourth-order valence-electron chi connectivity index (χ4n) is 3.15. The molecule has 6 heteroatoms. The third kappa shape index (κ3) is 3.82. The molecule has 0 unspecified atom stereocenters. The maximum absolute atomic E-state index is 12.7. The predicted octanol–water partition coefficient (Wildman–Crippen LogP) is 3.05. The third-order valence-electron chi connectivity index (χ3n) is 4.56. The molecule has 0 aromatic rings. The molecule has 124 valence electrons. The molecule has 4 nitrogen and oxygen atoms in total. The minimum absolute atomic E-state index is 0.0627. The molecule has 2 amide bonds. The molecule has 0 N–H and O–H groups in total.